The summed E-state index contributed by atoms with van der Waals surface area (Å²) >= 11 is 0. The highest BCUT2D eigenvalue weighted by atomic mass is 16.4. The molecule has 0 aromatic carbocycles. The van der Waals surface area contributed by atoms with E-state index in [4.69, 9.17) is 0 Å². The minimum Gasteiger partial charge on any atom is -0.480 e. The average Bonchev–Trinajstić information content (AvgIpc) is 2.48. The number of carbonyl (C=O) groups is 2. The van der Waals surface area contributed by atoms with E-state index in [1.165, 1.54) is 19.3 Å². The zero-order valence-corrected chi connectivity index (χ0v) is 12.9. The van der Waals surface area contributed by atoms with Crippen LogP contribution in [0.3, 0.4) is 0 Å². The Morgan fingerprint density at radius 3 is 2.33 bits per heavy atom. The van der Waals surface area contributed by atoms with Crippen molar-refractivity contribution in [2.75, 3.05) is 33.2 Å². The van der Waals surface area contributed by atoms with Gasteiger partial charge in [0.15, 0.2) is 0 Å². The third-order valence-corrected chi connectivity index (χ3v) is 4.68. The second-order valence-electron chi connectivity index (χ2n) is 6.37. The Kier molecular flexibility index (Phi) is 5.85. The molecule has 21 heavy (non-hydrogen) atoms. The molecule has 6 nitrogen and oxygen atoms in total. The maximum atomic E-state index is 12.2. The monoisotopic (exact) mass is 297 g/mol. The summed E-state index contributed by atoms with van der Waals surface area (Å²) in [6.45, 7) is 3.01. The molecule has 1 heterocycles. The highest BCUT2D eigenvalue weighted by molar-refractivity contribution is 5.82. The van der Waals surface area contributed by atoms with Crippen LogP contribution in [0.5, 0.6) is 0 Å². The Morgan fingerprint density at radius 2 is 1.76 bits per heavy atom. The van der Waals surface area contributed by atoms with Crippen LogP contribution < -0.4 is 5.32 Å². The van der Waals surface area contributed by atoms with Gasteiger partial charge in [0.1, 0.15) is 6.04 Å². The number of likely N-dealkylation sites (N-methyl/N-ethyl adjacent to an activating group) is 1. The van der Waals surface area contributed by atoms with Crippen molar-refractivity contribution in [2.24, 2.45) is 5.92 Å². The Hall–Kier alpha value is -1.30. The molecule has 2 rings (SSSR count). The highest BCUT2D eigenvalue weighted by Crippen LogP contribution is 2.27. The van der Waals surface area contributed by atoms with Crippen LogP contribution in [0.1, 0.15) is 38.5 Å². The molecule has 2 fully saturated rings. The Morgan fingerprint density at radius 1 is 1.14 bits per heavy atom. The lowest BCUT2D eigenvalue weighted by atomic mass is 9.85. The van der Waals surface area contributed by atoms with Gasteiger partial charge < -0.3 is 20.2 Å². The first kappa shape index (κ1) is 16.1. The zero-order valence-electron chi connectivity index (χ0n) is 12.9. The van der Waals surface area contributed by atoms with Gasteiger partial charge in [-0.25, -0.2) is 9.59 Å². The summed E-state index contributed by atoms with van der Waals surface area (Å²) in [5.74, 6) is -0.476. The second kappa shape index (κ2) is 7.64. The standard InChI is InChI=1S/C15H27N3O3/c1-17-7-9-18(10-8-17)15(21)16-13(14(19)20)11-12-5-3-2-4-6-12/h12-13H,2-11H2,1H3,(H,16,21)(H,19,20)/t13-/m0/s1. The van der Waals surface area contributed by atoms with Gasteiger partial charge in [0, 0.05) is 26.2 Å². The molecule has 2 aliphatic rings. The van der Waals surface area contributed by atoms with Crippen molar-refractivity contribution in [3.8, 4) is 0 Å². The molecule has 1 atom stereocenters. The van der Waals surface area contributed by atoms with Crippen LogP contribution in [-0.2, 0) is 4.79 Å². The largest absolute Gasteiger partial charge is 0.480 e. The Labute approximate surface area is 126 Å². The number of rotatable bonds is 4. The zero-order chi connectivity index (χ0) is 15.2. The fourth-order valence-electron chi connectivity index (χ4n) is 3.23. The van der Waals surface area contributed by atoms with Crippen molar-refractivity contribution in [3.63, 3.8) is 0 Å². The van der Waals surface area contributed by atoms with Crippen molar-refractivity contribution in [1.29, 1.82) is 0 Å². The molecule has 1 saturated heterocycles. The van der Waals surface area contributed by atoms with Crippen molar-refractivity contribution in [3.05, 3.63) is 0 Å². The Bertz CT molecular complexity index is 361. The highest BCUT2D eigenvalue weighted by Gasteiger charge is 2.28. The third-order valence-electron chi connectivity index (χ3n) is 4.68. The van der Waals surface area contributed by atoms with Crippen LogP contribution in [0.2, 0.25) is 0 Å². The van der Waals surface area contributed by atoms with Crippen molar-refractivity contribution in [2.45, 2.75) is 44.6 Å². The summed E-state index contributed by atoms with van der Waals surface area (Å²) in [6.07, 6.45) is 6.37. The van der Waals surface area contributed by atoms with Gasteiger partial charge in [-0.05, 0) is 19.4 Å². The molecule has 0 aromatic heterocycles. The number of piperazine rings is 1. The third kappa shape index (κ3) is 4.88. The maximum absolute atomic E-state index is 12.2. The van der Waals surface area contributed by atoms with Crippen molar-refractivity contribution in [1.82, 2.24) is 15.1 Å². The van der Waals surface area contributed by atoms with E-state index in [0.717, 1.165) is 25.9 Å². The van der Waals surface area contributed by atoms with Gasteiger partial charge in [0.2, 0.25) is 0 Å². The lowest BCUT2D eigenvalue weighted by Crippen LogP contribution is -2.54. The molecule has 0 unspecified atom stereocenters. The van der Waals surface area contributed by atoms with Gasteiger partial charge in [-0.15, -0.1) is 0 Å². The number of carboxylic acids is 1. The fourth-order valence-corrected chi connectivity index (χ4v) is 3.23. The van der Waals surface area contributed by atoms with Crippen LogP contribution in [-0.4, -0.2) is 66.2 Å². The van der Waals surface area contributed by atoms with Crippen LogP contribution >= 0.6 is 0 Å². The maximum Gasteiger partial charge on any atom is 0.326 e. The van der Waals surface area contributed by atoms with E-state index in [2.05, 4.69) is 10.2 Å². The second-order valence-corrected chi connectivity index (χ2v) is 6.37. The topological polar surface area (TPSA) is 72.9 Å². The van der Waals surface area contributed by atoms with E-state index >= 15 is 0 Å². The molecule has 1 aliphatic heterocycles. The van der Waals surface area contributed by atoms with Gasteiger partial charge in [-0.1, -0.05) is 32.1 Å². The summed E-state index contributed by atoms with van der Waals surface area (Å²) in [6, 6.07) is -0.980. The molecule has 6 heteroatoms. The van der Waals surface area contributed by atoms with E-state index in [0.29, 0.717) is 25.4 Å². The number of nitrogens with zero attached hydrogens (tertiary/aromatic N) is 2. The van der Waals surface area contributed by atoms with Gasteiger partial charge in [0.05, 0.1) is 0 Å². The molecule has 0 radical (unpaired) electrons. The Balaban J connectivity index is 1.83. The summed E-state index contributed by atoms with van der Waals surface area (Å²) in [5, 5.41) is 12.1. The number of nitrogens with one attached hydrogen (secondary N) is 1. The summed E-state index contributed by atoms with van der Waals surface area (Å²) in [4.78, 5) is 27.5. The van der Waals surface area contributed by atoms with E-state index in [9.17, 15) is 14.7 Å². The number of hydrogen-bond donors (Lipinski definition) is 2. The van der Waals surface area contributed by atoms with Crippen molar-refractivity contribution >= 4 is 12.0 Å². The van der Waals surface area contributed by atoms with Gasteiger partial charge in [0.25, 0.3) is 0 Å². The van der Waals surface area contributed by atoms with Crippen LogP contribution in [0.15, 0.2) is 0 Å². The molecule has 120 valence electrons. The number of carboxylic acid groups (broad SMARTS) is 1. The summed E-state index contributed by atoms with van der Waals surface area (Å²) < 4.78 is 0. The molecule has 1 aliphatic carbocycles. The predicted molar refractivity (Wildman–Crippen MR) is 80.2 cm³/mol. The SMILES string of the molecule is CN1CCN(C(=O)N[C@@H](CC2CCCCC2)C(=O)O)CC1. The van der Waals surface area contributed by atoms with E-state index in [1.54, 1.807) is 4.90 Å². The number of carbonyl (C=O) groups excluding carboxylic acids is 1. The van der Waals surface area contributed by atoms with Crippen LogP contribution in [0.4, 0.5) is 4.79 Å². The van der Waals surface area contributed by atoms with Gasteiger partial charge in [-0.2, -0.15) is 0 Å². The fraction of sp³-hybridized carbons (Fsp3) is 0.867. The van der Waals surface area contributed by atoms with E-state index in [-0.39, 0.29) is 6.03 Å². The first-order chi connectivity index (χ1) is 10.1. The minimum atomic E-state index is -0.914. The predicted octanol–water partition coefficient (Wildman–Crippen LogP) is 1.37. The van der Waals surface area contributed by atoms with Crippen LogP contribution in [0, 0.1) is 5.92 Å². The van der Waals surface area contributed by atoms with Crippen LogP contribution in [0.25, 0.3) is 0 Å². The number of hydrogen-bond acceptors (Lipinski definition) is 3. The smallest absolute Gasteiger partial charge is 0.326 e. The normalized spacial score (nSPS) is 22.8. The average molecular weight is 297 g/mol. The first-order valence-corrected chi connectivity index (χ1v) is 8.03. The molecular weight excluding hydrogens is 270 g/mol. The molecule has 0 spiro atoms. The lowest BCUT2D eigenvalue weighted by Gasteiger charge is -2.33. The number of urea groups is 1. The van der Waals surface area contributed by atoms with Crippen molar-refractivity contribution < 1.29 is 14.7 Å². The molecule has 1 saturated carbocycles. The minimum absolute atomic E-state index is 0.230. The molecule has 2 N–H and O–H groups in total. The van der Waals surface area contributed by atoms with Gasteiger partial charge >= 0.3 is 12.0 Å². The summed E-state index contributed by atoms with van der Waals surface area (Å²) in [7, 11) is 2.03. The van der Waals surface area contributed by atoms with E-state index in [1.807, 2.05) is 7.05 Å². The first-order valence-electron chi connectivity index (χ1n) is 8.03. The molecule has 0 bridgehead atoms. The number of aliphatic carboxylic acids is 1. The number of amides is 2. The summed E-state index contributed by atoms with van der Waals surface area (Å²) in [5.41, 5.74) is 0. The lowest BCUT2D eigenvalue weighted by molar-refractivity contribution is -0.139. The molecular formula is C15H27N3O3. The quantitative estimate of drug-likeness (QED) is 0.822. The van der Waals surface area contributed by atoms with Gasteiger partial charge in [-0.3, -0.25) is 0 Å². The molecule has 0 aromatic rings. The molecule has 2 amide bonds. The van der Waals surface area contributed by atoms with E-state index < -0.39 is 12.0 Å².